The fourth-order valence-corrected chi connectivity index (χ4v) is 2.99. The Kier molecular flexibility index (Phi) is 5.79. The van der Waals surface area contributed by atoms with Gasteiger partial charge in [0.15, 0.2) is 0 Å². The van der Waals surface area contributed by atoms with Gasteiger partial charge < -0.3 is 5.73 Å². The Morgan fingerprint density at radius 3 is 2.56 bits per heavy atom. The molecule has 92 valence electrons. The van der Waals surface area contributed by atoms with E-state index in [1.54, 1.807) is 0 Å². The van der Waals surface area contributed by atoms with E-state index in [4.69, 9.17) is 5.73 Å². The lowest BCUT2D eigenvalue weighted by molar-refractivity contribution is 0.0888. The highest BCUT2D eigenvalue weighted by molar-refractivity contribution is 4.96. The van der Waals surface area contributed by atoms with E-state index in [0.29, 0.717) is 12.0 Å². The van der Waals surface area contributed by atoms with Crippen molar-refractivity contribution in [2.24, 2.45) is 11.7 Å². The second-order valence-electron chi connectivity index (χ2n) is 4.73. The van der Waals surface area contributed by atoms with Crippen molar-refractivity contribution >= 4 is 0 Å². The molecule has 1 aliphatic rings. The molecule has 2 N–H and O–H groups in total. The summed E-state index contributed by atoms with van der Waals surface area (Å²) in [5.74, 6) is 0.594. The minimum Gasteiger partial charge on any atom is -0.330 e. The van der Waals surface area contributed by atoms with E-state index in [1.165, 1.54) is 25.7 Å². The van der Waals surface area contributed by atoms with Gasteiger partial charge in [0.2, 0.25) is 0 Å². The molecule has 1 fully saturated rings. The summed E-state index contributed by atoms with van der Waals surface area (Å²) in [5.41, 5.74) is 5.86. The van der Waals surface area contributed by atoms with E-state index in [1.807, 2.05) is 0 Å². The summed E-state index contributed by atoms with van der Waals surface area (Å²) in [4.78, 5) is 2.37. The Morgan fingerprint density at radius 1 is 1.38 bits per heavy atom. The molecule has 1 aliphatic carbocycles. The van der Waals surface area contributed by atoms with E-state index in [2.05, 4.69) is 24.8 Å². The van der Waals surface area contributed by atoms with E-state index < -0.39 is 0 Å². The Labute approximate surface area is 99.6 Å². The lowest BCUT2D eigenvalue weighted by atomic mass is 9.83. The molecule has 1 saturated carbocycles. The normalized spacial score (nSPS) is 27.7. The predicted octanol–water partition coefficient (Wildman–Crippen LogP) is 2.13. The quantitative estimate of drug-likeness (QED) is 0.777. The molecule has 0 aromatic heterocycles. The minimum atomic E-state index is 0.0714. The molecule has 0 aromatic carbocycles. The number of hydrogen-bond acceptors (Lipinski definition) is 3. The summed E-state index contributed by atoms with van der Waals surface area (Å²) < 4.78 is 0. The zero-order valence-corrected chi connectivity index (χ0v) is 10.7. The summed E-state index contributed by atoms with van der Waals surface area (Å²) in [5, 5.41) is 9.19. The van der Waals surface area contributed by atoms with Crippen LogP contribution in [0.5, 0.6) is 0 Å². The molecule has 3 unspecified atom stereocenters. The molecule has 3 nitrogen and oxygen atoms in total. The van der Waals surface area contributed by atoms with Crippen LogP contribution in [0.4, 0.5) is 0 Å². The molecular formula is C13H25N3. The lowest BCUT2D eigenvalue weighted by Crippen LogP contribution is -2.49. The van der Waals surface area contributed by atoms with Gasteiger partial charge in [-0.3, -0.25) is 4.90 Å². The summed E-state index contributed by atoms with van der Waals surface area (Å²) in [6, 6.07) is 3.04. The number of nitriles is 1. The molecule has 0 spiro atoms. The zero-order valence-electron chi connectivity index (χ0n) is 10.7. The van der Waals surface area contributed by atoms with Crippen molar-refractivity contribution in [3.63, 3.8) is 0 Å². The van der Waals surface area contributed by atoms with Crippen LogP contribution in [0.2, 0.25) is 0 Å². The van der Waals surface area contributed by atoms with Crippen molar-refractivity contribution in [1.29, 1.82) is 5.26 Å². The van der Waals surface area contributed by atoms with Gasteiger partial charge >= 0.3 is 0 Å². The number of hydrogen-bond donors (Lipinski definition) is 1. The van der Waals surface area contributed by atoms with Crippen LogP contribution in [0.1, 0.15) is 46.0 Å². The largest absolute Gasteiger partial charge is 0.330 e. The summed E-state index contributed by atoms with van der Waals surface area (Å²) in [6.07, 6.45) is 5.96. The van der Waals surface area contributed by atoms with Crippen molar-refractivity contribution in [3.8, 4) is 6.07 Å². The van der Waals surface area contributed by atoms with Crippen LogP contribution >= 0.6 is 0 Å². The van der Waals surface area contributed by atoms with E-state index >= 15 is 0 Å². The molecule has 0 aromatic rings. The third kappa shape index (κ3) is 2.96. The van der Waals surface area contributed by atoms with Crippen molar-refractivity contribution in [3.05, 3.63) is 0 Å². The van der Waals surface area contributed by atoms with Gasteiger partial charge in [-0.2, -0.15) is 5.26 Å². The second kappa shape index (κ2) is 6.88. The van der Waals surface area contributed by atoms with Crippen molar-refractivity contribution in [2.45, 2.75) is 58.0 Å². The fraction of sp³-hybridized carbons (Fsp3) is 0.923. The maximum absolute atomic E-state index is 9.19. The van der Waals surface area contributed by atoms with Crippen molar-refractivity contribution < 1.29 is 0 Å². The Hall–Kier alpha value is -0.590. The molecule has 3 heteroatoms. The first kappa shape index (κ1) is 13.5. The number of nitrogens with zero attached hydrogens (tertiary/aromatic N) is 2. The molecule has 3 atom stereocenters. The highest BCUT2D eigenvalue weighted by Gasteiger charge is 2.31. The highest BCUT2D eigenvalue weighted by atomic mass is 15.2. The van der Waals surface area contributed by atoms with Crippen molar-refractivity contribution in [1.82, 2.24) is 4.90 Å². The van der Waals surface area contributed by atoms with Gasteiger partial charge in [-0.1, -0.05) is 26.7 Å². The summed E-state index contributed by atoms with van der Waals surface area (Å²) >= 11 is 0. The van der Waals surface area contributed by atoms with Crippen LogP contribution in [0, 0.1) is 17.2 Å². The maximum atomic E-state index is 9.19. The van der Waals surface area contributed by atoms with Crippen LogP contribution < -0.4 is 5.73 Å². The second-order valence-corrected chi connectivity index (χ2v) is 4.73. The van der Waals surface area contributed by atoms with Gasteiger partial charge in [0.1, 0.15) is 0 Å². The molecular weight excluding hydrogens is 198 g/mol. The Bertz CT molecular complexity index is 234. The molecule has 0 bridgehead atoms. The summed E-state index contributed by atoms with van der Waals surface area (Å²) in [6.45, 7) is 5.98. The van der Waals surface area contributed by atoms with E-state index in [-0.39, 0.29) is 6.04 Å². The number of nitrogens with two attached hydrogens (primary N) is 1. The molecule has 1 rings (SSSR count). The lowest BCUT2D eigenvalue weighted by Gasteiger charge is -2.41. The Morgan fingerprint density at radius 2 is 2.06 bits per heavy atom. The zero-order chi connectivity index (χ0) is 12.0. The first-order valence-electron chi connectivity index (χ1n) is 6.63. The third-order valence-electron chi connectivity index (χ3n) is 3.90. The smallest absolute Gasteiger partial charge is 0.0977 e. The van der Waals surface area contributed by atoms with Gasteiger partial charge in [0.25, 0.3) is 0 Å². The van der Waals surface area contributed by atoms with Crippen LogP contribution in [0.3, 0.4) is 0 Å². The highest BCUT2D eigenvalue weighted by Crippen LogP contribution is 2.29. The van der Waals surface area contributed by atoms with Gasteiger partial charge in [0, 0.05) is 6.04 Å². The molecule has 0 aliphatic heterocycles. The average Bonchev–Trinajstić information content (AvgIpc) is 2.35. The van der Waals surface area contributed by atoms with Crippen LogP contribution in [-0.4, -0.2) is 30.1 Å². The Balaban J connectivity index is 2.72. The van der Waals surface area contributed by atoms with Crippen LogP contribution in [0.15, 0.2) is 0 Å². The van der Waals surface area contributed by atoms with Gasteiger partial charge in [-0.05, 0) is 38.3 Å². The molecule has 0 radical (unpaired) electrons. The molecule has 0 amide bonds. The first-order valence-corrected chi connectivity index (χ1v) is 6.63. The summed E-state index contributed by atoms with van der Waals surface area (Å²) in [7, 11) is 0. The van der Waals surface area contributed by atoms with E-state index in [0.717, 1.165) is 19.5 Å². The van der Waals surface area contributed by atoms with Crippen LogP contribution in [0.25, 0.3) is 0 Å². The van der Waals surface area contributed by atoms with Crippen molar-refractivity contribution in [2.75, 3.05) is 13.1 Å². The van der Waals surface area contributed by atoms with E-state index in [9.17, 15) is 5.26 Å². The van der Waals surface area contributed by atoms with Gasteiger partial charge in [0.05, 0.1) is 12.1 Å². The SMILES string of the molecule is CCC(C#N)N(CC)C1CCCCC1CN. The topological polar surface area (TPSA) is 53.0 Å². The minimum absolute atomic E-state index is 0.0714. The first-order chi connectivity index (χ1) is 7.78. The van der Waals surface area contributed by atoms with Gasteiger partial charge in [-0.15, -0.1) is 0 Å². The van der Waals surface area contributed by atoms with Gasteiger partial charge in [-0.25, -0.2) is 0 Å². The monoisotopic (exact) mass is 223 g/mol. The molecule has 16 heavy (non-hydrogen) atoms. The fourth-order valence-electron chi connectivity index (χ4n) is 2.99. The third-order valence-corrected chi connectivity index (χ3v) is 3.90. The predicted molar refractivity (Wildman–Crippen MR) is 66.9 cm³/mol. The number of rotatable bonds is 5. The average molecular weight is 223 g/mol. The van der Waals surface area contributed by atoms with Crippen LogP contribution in [-0.2, 0) is 0 Å². The molecule has 0 saturated heterocycles. The molecule has 0 heterocycles. The standard InChI is InChI=1S/C13H25N3/c1-3-12(10-15)16(4-2)13-8-6-5-7-11(13)9-14/h11-13H,3-9,14H2,1-2H3. The maximum Gasteiger partial charge on any atom is 0.0977 e.